The largest absolute Gasteiger partial charge is 0.340 e. The summed E-state index contributed by atoms with van der Waals surface area (Å²) in [7, 11) is 0. The van der Waals surface area contributed by atoms with Crippen LogP contribution in [0.15, 0.2) is 54.6 Å². The van der Waals surface area contributed by atoms with Crippen LogP contribution in [0.2, 0.25) is 0 Å². The van der Waals surface area contributed by atoms with Gasteiger partial charge in [0.2, 0.25) is 5.95 Å². The molecule has 0 radical (unpaired) electrons. The van der Waals surface area contributed by atoms with Gasteiger partial charge in [-0.25, -0.2) is 4.98 Å². The zero-order valence-corrected chi connectivity index (χ0v) is 15.2. The van der Waals surface area contributed by atoms with Gasteiger partial charge in [-0.15, -0.1) is 0 Å². The molecule has 3 rings (SSSR count). The lowest BCUT2D eigenvalue weighted by Crippen LogP contribution is -2.19. The second-order valence-corrected chi connectivity index (χ2v) is 6.28. The van der Waals surface area contributed by atoms with E-state index < -0.39 is 0 Å². The van der Waals surface area contributed by atoms with E-state index in [4.69, 9.17) is 4.98 Å². The van der Waals surface area contributed by atoms with Gasteiger partial charge in [-0.2, -0.15) is 4.98 Å². The van der Waals surface area contributed by atoms with E-state index in [1.54, 1.807) is 0 Å². The predicted octanol–water partition coefficient (Wildman–Crippen LogP) is 5.30. The molecule has 0 aliphatic carbocycles. The number of nitrogens with one attached hydrogen (secondary N) is 1. The summed E-state index contributed by atoms with van der Waals surface area (Å²) >= 11 is 0. The summed E-state index contributed by atoms with van der Waals surface area (Å²) in [5.74, 6) is 1.52. The maximum Gasteiger partial charge on any atom is 0.232 e. The van der Waals surface area contributed by atoms with Crippen LogP contribution in [-0.2, 0) is 0 Å². The molecule has 0 spiro atoms. The van der Waals surface area contributed by atoms with Gasteiger partial charge in [-0.05, 0) is 63.1 Å². The summed E-state index contributed by atoms with van der Waals surface area (Å²) in [5.41, 5.74) is 5.53. The fourth-order valence-electron chi connectivity index (χ4n) is 2.98. The van der Waals surface area contributed by atoms with Gasteiger partial charge in [0, 0.05) is 29.7 Å². The van der Waals surface area contributed by atoms with Crippen molar-refractivity contribution in [3.05, 3.63) is 71.4 Å². The van der Waals surface area contributed by atoms with Crippen molar-refractivity contribution < 1.29 is 0 Å². The Bertz CT molecular complexity index is 839. The van der Waals surface area contributed by atoms with E-state index in [-0.39, 0.29) is 0 Å². The quantitative estimate of drug-likeness (QED) is 0.688. The van der Waals surface area contributed by atoms with E-state index >= 15 is 0 Å². The highest BCUT2D eigenvalue weighted by Gasteiger charge is 2.12. The lowest BCUT2D eigenvalue weighted by molar-refractivity contribution is 0.936. The lowest BCUT2D eigenvalue weighted by Gasteiger charge is -2.22. The fraction of sp³-hybridized carbons (Fsp3) is 0.238. The highest BCUT2D eigenvalue weighted by molar-refractivity contribution is 5.62. The van der Waals surface area contributed by atoms with Gasteiger partial charge in [0.25, 0.3) is 0 Å². The van der Waals surface area contributed by atoms with Crippen molar-refractivity contribution in [2.75, 3.05) is 16.8 Å². The topological polar surface area (TPSA) is 41.1 Å². The Balaban J connectivity index is 1.94. The molecule has 0 unspecified atom stereocenters. The van der Waals surface area contributed by atoms with Gasteiger partial charge < -0.3 is 10.2 Å². The maximum absolute atomic E-state index is 4.74. The molecule has 0 aliphatic rings. The Morgan fingerprint density at radius 2 is 1.56 bits per heavy atom. The Labute approximate surface area is 149 Å². The highest BCUT2D eigenvalue weighted by atomic mass is 15.3. The molecule has 128 valence electrons. The van der Waals surface area contributed by atoms with Crippen LogP contribution >= 0.6 is 0 Å². The van der Waals surface area contributed by atoms with Gasteiger partial charge in [0.05, 0.1) is 0 Å². The number of hydrogen-bond acceptors (Lipinski definition) is 4. The van der Waals surface area contributed by atoms with Crippen molar-refractivity contribution in [3.63, 3.8) is 0 Å². The van der Waals surface area contributed by atoms with Crippen LogP contribution in [0.25, 0.3) is 0 Å². The number of nitrogens with zero attached hydrogens (tertiary/aromatic N) is 3. The Morgan fingerprint density at radius 3 is 2.20 bits per heavy atom. The number of aromatic nitrogens is 2. The minimum absolute atomic E-state index is 0.709. The van der Waals surface area contributed by atoms with Crippen LogP contribution in [0.3, 0.4) is 0 Å². The third-order valence-electron chi connectivity index (χ3n) is 3.96. The predicted molar refractivity (Wildman–Crippen MR) is 105 cm³/mol. The van der Waals surface area contributed by atoms with Gasteiger partial charge in [0.15, 0.2) is 0 Å². The molecule has 3 aromatic rings. The number of anilines is 4. The fourth-order valence-corrected chi connectivity index (χ4v) is 2.98. The zero-order valence-electron chi connectivity index (χ0n) is 15.2. The monoisotopic (exact) mass is 332 g/mol. The Hall–Kier alpha value is -2.88. The Kier molecular flexibility index (Phi) is 4.98. The summed E-state index contributed by atoms with van der Waals surface area (Å²) in [6.45, 7) is 9.11. The zero-order chi connectivity index (χ0) is 17.8. The third kappa shape index (κ3) is 4.15. The van der Waals surface area contributed by atoms with E-state index in [9.17, 15) is 0 Å². The highest BCUT2D eigenvalue weighted by Crippen LogP contribution is 2.25. The molecule has 0 saturated carbocycles. The van der Waals surface area contributed by atoms with Crippen molar-refractivity contribution in [2.24, 2.45) is 0 Å². The molecule has 1 N–H and O–H groups in total. The molecular formula is C21H24N4. The second kappa shape index (κ2) is 7.34. The molecule has 25 heavy (non-hydrogen) atoms. The van der Waals surface area contributed by atoms with E-state index in [2.05, 4.69) is 66.3 Å². The van der Waals surface area contributed by atoms with Crippen LogP contribution in [0.1, 0.15) is 23.7 Å². The van der Waals surface area contributed by atoms with Gasteiger partial charge in [-0.1, -0.05) is 24.3 Å². The average molecular weight is 332 g/mol. The van der Waals surface area contributed by atoms with Crippen molar-refractivity contribution in [2.45, 2.75) is 27.7 Å². The molecule has 0 saturated heterocycles. The van der Waals surface area contributed by atoms with E-state index in [0.717, 1.165) is 29.4 Å². The smallest absolute Gasteiger partial charge is 0.232 e. The first-order valence-corrected chi connectivity index (χ1v) is 8.59. The van der Waals surface area contributed by atoms with E-state index in [1.165, 1.54) is 11.1 Å². The normalized spacial score (nSPS) is 10.6. The van der Waals surface area contributed by atoms with Gasteiger partial charge >= 0.3 is 0 Å². The molecular weight excluding hydrogens is 308 g/mol. The summed E-state index contributed by atoms with van der Waals surface area (Å²) in [6.07, 6.45) is 0. The first-order chi connectivity index (χ1) is 12.0. The van der Waals surface area contributed by atoms with Crippen LogP contribution in [0.5, 0.6) is 0 Å². The van der Waals surface area contributed by atoms with Crippen molar-refractivity contribution in [1.82, 2.24) is 9.97 Å². The molecule has 0 fully saturated rings. The van der Waals surface area contributed by atoms with E-state index in [1.807, 2.05) is 31.2 Å². The van der Waals surface area contributed by atoms with Crippen LogP contribution in [0.4, 0.5) is 23.1 Å². The first kappa shape index (κ1) is 17.0. The van der Waals surface area contributed by atoms with Crippen LogP contribution in [-0.4, -0.2) is 16.5 Å². The van der Waals surface area contributed by atoms with Crippen LogP contribution in [0, 0.1) is 20.8 Å². The summed E-state index contributed by atoms with van der Waals surface area (Å²) < 4.78 is 0. The van der Waals surface area contributed by atoms with Crippen LogP contribution < -0.4 is 10.2 Å². The molecule has 1 heterocycles. The number of benzene rings is 2. The van der Waals surface area contributed by atoms with Crippen molar-refractivity contribution in [3.8, 4) is 0 Å². The molecule has 1 aromatic heterocycles. The summed E-state index contributed by atoms with van der Waals surface area (Å²) in [5, 5.41) is 3.42. The standard InChI is InChI=1S/C21H24N4/c1-5-25(19-9-7-6-8-10-19)21-22-17(4)14-20(24-21)23-18-12-15(2)11-16(3)13-18/h6-14H,5H2,1-4H3,(H,22,23,24). The molecule has 0 atom stereocenters. The second-order valence-electron chi connectivity index (χ2n) is 6.28. The maximum atomic E-state index is 4.74. The molecule has 0 aliphatic heterocycles. The lowest BCUT2D eigenvalue weighted by atomic mass is 10.1. The Morgan fingerprint density at radius 1 is 0.880 bits per heavy atom. The molecule has 4 nitrogen and oxygen atoms in total. The summed E-state index contributed by atoms with van der Waals surface area (Å²) in [4.78, 5) is 11.5. The molecule has 0 bridgehead atoms. The average Bonchev–Trinajstić information content (AvgIpc) is 2.55. The molecule has 2 aromatic carbocycles. The van der Waals surface area contributed by atoms with Gasteiger partial charge in [0.1, 0.15) is 5.82 Å². The van der Waals surface area contributed by atoms with Crippen molar-refractivity contribution in [1.29, 1.82) is 0 Å². The molecule has 0 amide bonds. The minimum atomic E-state index is 0.709. The van der Waals surface area contributed by atoms with Crippen molar-refractivity contribution >= 4 is 23.1 Å². The number of hydrogen-bond donors (Lipinski definition) is 1. The molecule has 4 heteroatoms. The number of aryl methyl sites for hydroxylation is 3. The SMILES string of the molecule is CCN(c1ccccc1)c1nc(C)cc(Nc2cc(C)cc(C)c2)n1. The minimum Gasteiger partial charge on any atom is -0.340 e. The first-order valence-electron chi connectivity index (χ1n) is 8.59. The van der Waals surface area contributed by atoms with E-state index in [0.29, 0.717) is 5.95 Å². The number of para-hydroxylation sites is 1. The summed E-state index contributed by atoms with van der Waals surface area (Å²) in [6, 6.07) is 18.6. The van der Waals surface area contributed by atoms with Gasteiger partial charge in [-0.3, -0.25) is 0 Å². The third-order valence-corrected chi connectivity index (χ3v) is 3.96. The number of rotatable bonds is 5.